The van der Waals surface area contributed by atoms with Crippen LogP contribution in [-0.2, 0) is 6.42 Å². The van der Waals surface area contributed by atoms with Gasteiger partial charge in [0, 0.05) is 0 Å². The molecule has 0 spiro atoms. The lowest BCUT2D eigenvalue weighted by Crippen LogP contribution is -1.93. The molecule has 6 aromatic carbocycles. The maximum Gasteiger partial charge on any atom is -0.00237 e. The van der Waals surface area contributed by atoms with E-state index in [4.69, 9.17) is 0 Å². The molecule has 0 atom stereocenters. The van der Waals surface area contributed by atoms with Gasteiger partial charge in [0.2, 0.25) is 0 Å². The highest BCUT2D eigenvalue weighted by Gasteiger charge is 2.14. The number of hydrogen-bond donors (Lipinski definition) is 0. The summed E-state index contributed by atoms with van der Waals surface area (Å²) in [5.41, 5.74) is 9.36. The first-order chi connectivity index (χ1) is 20.6. The van der Waals surface area contributed by atoms with Crippen molar-refractivity contribution in [3.63, 3.8) is 0 Å². The molecule has 0 bridgehead atoms. The zero-order valence-corrected chi connectivity index (χ0v) is 24.1. The number of benzene rings is 6. The summed E-state index contributed by atoms with van der Waals surface area (Å²) in [5, 5.41) is 7.69. The molecule has 6 aromatic rings. The van der Waals surface area contributed by atoms with Crippen LogP contribution in [0.1, 0.15) is 27.8 Å². The predicted molar refractivity (Wildman–Crippen MR) is 187 cm³/mol. The second-order valence-electron chi connectivity index (χ2n) is 10.7. The van der Waals surface area contributed by atoms with Crippen LogP contribution in [0.25, 0.3) is 61.2 Å². The maximum atomic E-state index is 4.49. The van der Waals surface area contributed by atoms with Gasteiger partial charge in [0.25, 0.3) is 0 Å². The molecule has 0 saturated heterocycles. The number of allylic oxidation sites excluding steroid dienone is 5. The molecule has 0 saturated carbocycles. The topological polar surface area (TPSA) is 0 Å². The average Bonchev–Trinajstić information content (AvgIpc) is 3.04. The molecule has 0 aromatic heterocycles. The molecule has 0 aliphatic carbocycles. The quantitative estimate of drug-likeness (QED) is 0.133. The fraction of sp³-hybridized carbons (Fsp3) is 0.0476. The van der Waals surface area contributed by atoms with Gasteiger partial charge in [0.15, 0.2) is 0 Å². The van der Waals surface area contributed by atoms with E-state index in [0.717, 1.165) is 23.1 Å². The van der Waals surface area contributed by atoms with Crippen molar-refractivity contribution in [2.75, 3.05) is 0 Å². The fourth-order valence-corrected chi connectivity index (χ4v) is 6.14. The number of aryl methyl sites for hydroxylation is 1. The van der Waals surface area contributed by atoms with Crippen molar-refractivity contribution in [1.82, 2.24) is 0 Å². The van der Waals surface area contributed by atoms with Crippen molar-refractivity contribution in [3.05, 3.63) is 175 Å². The summed E-state index contributed by atoms with van der Waals surface area (Å²) in [6.45, 7) is 14.7. The van der Waals surface area contributed by atoms with Gasteiger partial charge in [-0.25, -0.2) is 0 Å². The van der Waals surface area contributed by atoms with Gasteiger partial charge in [-0.3, -0.25) is 0 Å². The zero-order chi connectivity index (χ0) is 29.1. The van der Waals surface area contributed by atoms with Crippen LogP contribution in [0.5, 0.6) is 0 Å². The second kappa shape index (κ2) is 11.7. The smallest absolute Gasteiger partial charge is 0.00237 e. The van der Waals surface area contributed by atoms with E-state index in [2.05, 4.69) is 154 Å². The standard InChI is InChI=1S/C42H34/c1-5-32-18-14-22-37(35(32)6-2)34-25-23-31(24-26-34)16-9-7-8-15-29(3)41-30(4)36-28-27-33-17-10-11-19-38(33)42(36)40-21-13-12-20-39(40)41/h5-15,17-28H,1-3,16H2,4H3/b9-7-,15-8-. The Kier molecular flexibility index (Phi) is 7.54. The molecular weight excluding hydrogens is 504 g/mol. The first kappa shape index (κ1) is 27.0. The molecule has 0 nitrogen and oxygen atoms in total. The van der Waals surface area contributed by atoms with Crippen molar-refractivity contribution in [1.29, 1.82) is 0 Å². The van der Waals surface area contributed by atoms with E-state index in [1.54, 1.807) is 0 Å². The van der Waals surface area contributed by atoms with Crippen LogP contribution >= 0.6 is 0 Å². The SMILES string of the molecule is C=Cc1cccc(-c2ccc(C/C=C\C=C/C(=C)c3c(C)c4ccc5ccccc5c4c4ccccc34)cc2)c1C=C. The Bertz CT molecular complexity index is 2050. The van der Waals surface area contributed by atoms with E-state index < -0.39 is 0 Å². The van der Waals surface area contributed by atoms with Gasteiger partial charge in [-0.05, 0) is 90.2 Å². The highest BCUT2D eigenvalue weighted by Crippen LogP contribution is 2.39. The second-order valence-corrected chi connectivity index (χ2v) is 10.7. The van der Waals surface area contributed by atoms with Crippen LogP contribution in [0.15, 0.2) is 147 Å². The molecule has 42 heavy (non-hydrogen) atoms. The predicted octanol–water partition coefficient (Wildman–Crippen LogP) is 11.8. The monoisotopic (exact) mass is 538 g/mol. The van der Waals surface area contributed by atoms with Crippen LogP contribution in [-0.4, -0.2) is 0 Å². The van der Waals surface area contributed by atoms with Crippen LogP contribution in [0.3, 0.4) is 0 Å². The highest BCUT2D eigenvalue weighted by atomic mass is 14.2. The van der Waals surface area contributed by atoms with Gasteiger partial charge in [0.05, 0.1) is 0 Å². The molecular formula is C42H34. The minimum absolute atomic E-state index is 0.864. The molecule has 202 valence electrons. The summed E-state index contributed by atoms with van der Waals surface area (Å²) in [7, 11) is 0. The van der Waals surface area contributed by atoms with E-state index in [1.807, 2.05) is 12.2 Å². The Morgan fingerprint density at radius 1 is 0.667 bits per heavy atom. The van der Waals surface area contributed by atoms with Gasteiger partial charge >= 0.3 is 0 Å². The van der Waals surface area contributed by atoms with Crippen molar-refractivity contribution >= 4 is 50.0 Å². The van der Waals surface area contributed by atoms with Crippen LogP contribution < -0.4 is 0 Å². The van der Waals surface area contributed by atoms with Crippen molar-refractivity contribution in [2.45, 2.75) is 13.3 Å². The molecule has 0 fully saturated rings. The molecule has 6 rings (SSSR count). The number of rotatable bonds is 8. The lowest BCUT2D eigenvalue weighted by Gasteiger charge is -2.17. The molecule has 0 N–H and O–H groups in total. The van der Waals surface area contributed by atoms with E-state index >= 15 is 0 Å². The minimum atomic E-state index is 0.864. The third-order valence-electron chi connectivity index (χ3n) is 8.22. The summed E-state index contributed by atoms with van der Waals surface area (Å²) in [6, 6.07) is 36.9. The van der Waals surface area contributed by atoms with Gasteiger partial charge in [-0.15, -0.1) is 0 Å². The molecule has 0 aliphatic rings. The summed E-state index contributed by atoms with van der Waals surface area (Å²) >= 11 is 0. The van der Waals surface area contributed by atoms with E-state index in [9.17, 15) is 0 Å². The average molecular weight is 539 g/mol. The molecule has 0 heterocycles. The lowest BCUT2D eigenvalue weighted by molar-refractivity contribution is 1.27. The van der Waals surface area contributed by atoms with Crippen molar-refractivity contribution in [2.24, 2.45) is 0 Å². The molecule has 0 unspecified atom stereocenters. The maximum absolute atomic E-state index is 4.49. The minimum Gasteiger partial charge on any atom is -0.0984 e. The fourth-order valence-electron chi connectivity index (χ4n) is 6.14. The van der Waals surface area contributed by atoms with Crippen molar-refractivity contribution < 1.29 is 0 Å². The summed E-state index contributed by atoms with van der Waals surface area (Å²) in [4.78, 5) is 0. The normalized spacial score (nSPS) is 11.6. The zero-order valence-electron chi connectivity index (χ0n) is 24.1. The Morgan fingerprint density at radius 3 is 2.17 bits per heavy atom. The van der Waals surface area contributed by atoms with Gasteiger partial charge in [0.1, 0.15) is 0 Å². The van der Waals surface area contributed by atoms with E-state index in [1.165, 1.54) is 60.1 Å². The molecule has 0 amide bonds. The van der Waals surface area contributed by atoms with Crippen LogP contribution in [0.4, 0.5) is 0 Å². The summed E-state index contributed by atoms with van der Waals surface area (Å²) < 4.78 is 0. The Balaban J connectivity index is 1.23. The van der Waals surface area contributed by atoms with Crippen molar-refractivity contribution in [3.8, 4) is 11.1 Å². The number of hydrogen-bond acceptors (Lipinski definition) is 0. The van der Waals surface area contributed by atoms with E-state index in [0.29, 0.717) is 0 Å². The highest BCUT2D eigenvalue weighted by molar-refractivity contribution is 6.23. The largest absolute Gasteiger partial charge is 0.0984 e. The molecule has 0 heteroatoms. The van der Waals surface area contributed by atoms with Gasteiger partial charge in [-0.2, -0.15) is 0 Å². The first-order valence-corrected chi connectivity index (χ1v) is 14.4. The first-order valence-electron chi connectivity index (χ1n) is 14.4. The summed E-state index contributed by atoms with van der Waals surface area (Å²) in [6.07, 6.45) is 13.2. The third kappa shape index (κ3) is 4.93. The van der Waals surface area contributed by atoms with E-state index in [-0.39, 0.29) is 0 Å². The molecule has 0 radical (unpaired) electrons. The summed E-state index contributed by atoms with van der Waals surface area (Å²) in [5.74, 6) is 0. The number of fused-ring (bicyclic) bond motifs is 5. The van der Waals surface area contributed by atoms with Crippen LogP contribution in [0, 0.1) is 6.92 Å². The molecule has 0 aliphatic heterocycles. The van der Waals surface area contributed by atoms with Crippen LogP contribution in [0.2, 0.25) is 0 Å². The Labute approximate surface area is 249 Å². The third-order valence-corrected chi connectivity index (χ3v) is 8.22. The lowest BCUT2D eigenvalue weighted by atomic mass is 9.87. The van der Waals surface area contributed by atoms with Gasteiger partial charge < -0.3 is 0 Å². The van der Waals surface area contributed by atoms with Gasteiger partial charge in [-0.1, -0.05) is 159 Å². The Morgan fingerprint density at radius 2 is 1.40 bits per heavy atom. The Hall–Kier alpha value is -5.20.